The van der Waals surface area contributed by atoms with Crippen molar-refractivity contribution in [3.8, 4) is 0 Å². The van der Waals surface area contributed by atoms with Crippen LogP contribution in [-0.4, -0.2) is 46.8 Å². The van der Waals surface area contributed by atoms with Crippen LogP contribution in [0.25, 0.3) is 0 Å². The molecule has 0 unspecified atom stereocenters. The van der Waals surface area contributed by atoms with Crippen LogP contribution < -0.4 is 4.90 Å². The molecule has 1 saturated heterocycles. The van der Waals surface area contributed by atoms with E-state index in [4.69, 9.17) is 4.74 Å². The molecule has 7 heteroatoms. The van der Waals surface area contributed by atoms with Crippen LogP contribution in [0.4, 0.5) is 5.69 Å². The summed E-state index contributed by atoms with van der Waals surface area (Å²) in [5.74, 6) is -2.38. The third kappa shape index (κ3) is 4.21. The predicted octanol–water partition coefficient (Wildman–Crippen LogP) is 3.26. The molecule has 7 nitrogen and oxygen atoms in total. The number of imide groups is 1. The molecule has 0 N–H and O–H groups in total. The van der Waals surface area contributed by atoms with Crippen molar-refractivity contribution in [2.45, 2.75) is 71.6 Å². The number of hydrogen-bond donors (Lipinski definition) is 0. The molecule has 0 aromatic heterocycles. The molecular weight excluding hydrogens is 420 g/mol. The standard InChI is InChI=1S/C26H32N2O5/c1-15(2)13-22(28-24(30)19-10-6-7-11-20(19)25(28)31)26(32)33-17(4)23(29)27-16(3)14-18-9-5-8-12-21(18)27/h5-9,12,15-17,19-20,22H,10-11,13-14H2,1-4H3/t16-,17-,19-,20+,22+/m0/s1. The van der Waals surface area contributed by atoms with E-state index in [-0.39, 0.29) is 29.7 Å². The molecule has 3 aliphatic rings. The molecule has 0 spiro atoms. The number of carbonyl (C=O) groups is 4. The molecule has 5 atom stereocenters. The molecule has 2 heterocycles. The summed E-state index contributed by atoms with van der Waals surface area (Å²) in [6, 6.07) is 6.65. The molecule has 0 bridgehead atoms. The third-order valence-corrected chi connectivity index (χ3v) is 6.91. The Kier molecular flexibility index (Phi) is 6.41. The lowest BCUT2D eigenvalue weighted by Crippen LogP contribution is -2.49. The van der Waals surface area contributed by atoms with E-state index in [1.165, 1.54) is 0 Å². The van der Waals surface area contributed by atoms with Gasteiger partial charge in [0.1, 0.15) is 6.04 Å². The van der Waals surface area contributed by atoms with Gasteiger partial charge in [0.25, 0.3) is 5.91 Å². The van der Waals surface area contributed by atoms with Crippen LogP contribution in [0.1, 0.15) is 52.5 Å². The Balaban J connectivity index is 1.51. The van der Waals surface area contributed by atoms with Crippen LogP contribution >= 0.6 is 0 Å². The lowest BCUT2D eigenvalue weighted by Gasteiger charge is -2.29. The van der Waals surface area contributed by atoms with Gasteiger partial charge in [-0.15, -0.1) is 0 Å². The van der Waals surface area contributed by atoms with Gasteiger partial charge in [0.15, 0.2) is 6.10 Å². The summed E-state index contributed by atoms with van der Waals surface area (Å²) in [5.41, 5.74) is 1.91. The minimum Gasteiger partial charge on any atom is -0.451 e. The third-order valence-electron chi connectivity index (χ3n) is 6.91. The molecule has 176 valence electrons. The van der Waals surface area contributed by atoms with E-state index in [1.807, 2.05) is 57.2 Å². The largest absolute Gasteiger partial charge is 0.451 e. The second-order valence-electron chi connectivity index (χ2n) is 9.82. The molecule has 4 rings (SSSR count). The quantitative estimate of drug-likeness (QED) is 0.376. The maximum atomic E-state index is 13.3. The zero-order valence-electron chi connectivity index (χ0n) is 19.7. The number of rotatable bonds is 6. The lowest BCUT2D eigenvalue weighted by atomic mass is 9.85. The highest BCUT2D eigenvalue weighted by molar-refractivity contribution is 6.08. The fourth-order valence-corrected chi connectivity index (χ4v) is 5.29. The van der Waals surface area contributed by atoms with Crippen molar-refractivity contribution in [3.05, 3.63) is 42.0 Å². The van der Waals surface area contributed by atoms with Crippen molar-refractivity contribution >= 4 is 29.4 Å². The zero-order chi connectivity index (χ0) is 23.9. The van der Waals surface area contributed by atoms with Crippen molar-refractivity contribution in [2.24, 2.45) is 17.8 Å². The number of amides is 3. The summed E-state index contributed by atoms with van der Waals surface area (Å²) in [4.78, 5) is 55.5. The molecule has 0 radical (unpaired) electrons. The number of ether oxygens (including phenoxy) is 1. The van der Waals surface area contributed by atoms with E-state index in [0.29, 0.717) is 19.3 Å². The van der Waals surface area contributed by atoms with Gasteiger partial charge < -0.3 is 9.64 Å². The van der Waals surface area contributed by atoms with Crippen molar-refractivity contribution in [3.63, 3.8) is 0 Å². The highest BCUT2D eigenvalue weighted by Crippen LogP contribution is 2.37. The Hall–Kier alpha value is -2.96. The number of benzene rings is 1. The number of esters is 1. The lowest BCUT2D eigenvalue weighted by molar-refractivity contribution is -0.165. The molecule has 1 aliphatic carbocycles. The average Bonchev–Trinajstić information content (AvgIpc) is 3.24. The SMILES string of the molecule is CC(C)C[C@H](C(=O)O[C@@H](C)C(=O)N1c2ccccc2C[C@@H]1C)N1C(=O)[C@H]2CC=CC[C@H]2C1=O. The Bertz CT molecular complexity index is 974. The minimum atomic E-state index is -1.03. The first-order valence-corrected chi connectivity index (χ1v) is 11.8. The molecule has 1 aromatic rings. The summed E-state index contributed by atoms with van der Waals surface area (Å²) in [5, 5.41) is 0. The van der Waals surface area contributed by atoms with Crippen molar-refractivity contribution in [1.29, 1.82) is 0 Å². The number of anilines is 1. The van der Waals surface area contributed by atoms with E-state index in [0.717, 1.165) is 22.6 Å². The van der Waals surface area contributed by atoms with Crippen LogP contribution in [0.5, 0.6) is 0 Å². The Morgan fingerprint density at radius 3 is 2.24 bits per heavy atom. The molecule has 1 aromatic carbocycles. The number of allylic oxidation sites excluding steroid dienone is 2. The van der Waals surface area contributed by atoms with Crippen LogP contribution in [0, 0.1) is 17.8 Å². The van der Waals surface area contributed by atoms with E-state index < -0.39 is 30.0 Å². The van der Waals surface area contributed by atoms with Gasteiger partial charge >= 0.3 is 5.97 Å². The molecule has 33 heavy (non-hydrogen) atoms. The number of carbonyl (C=O) groups excluding carboxylic acids is 4. The average molecular weight is 453 g/mol. The number of para-hydroxylation sites is 1. The molecule has 2 aliphatic heterocycles. The van der Waals surface area contributed by atoms with Crippen molar-refractivity contribution in [2.75, 3.05) is 4.90 Å². The Labute approximate surface area is 194 Å². The topological polar surface area (TPSA) is 84.0 Å². The van der Waals surface area contributed by atoms with Crippen LogP contribution in [0.15, 0.2) is 36.4 Å². The fourth-order valence-electron chi connectivity index (χ4n) is 5.29. The van der Waals surface area contributed by atoms with E-state index in [1.54, 1.807) is 11.8 Å². The number of nitrogens with zero attached hydrogens (tertiary/aromatic N) is 2. The first kappa shape index (κ1) is 23.2. The fraction of sp³-hybridized carbons (Fsp3) is 0.538. The summed E-state index contributed by atoms with van der Waals surface area (Å²) >= 11 is 0. The van der Waals surface area contributed by atoms with Gasteiger partial charge in [0.05, 0.1) is 11.8 Å². The van der Waals surface area contributed by atoms with E-state index in [2.05, 4.69) is 0 Å². The smallest absolute Gasteiger partial charge is 0.330 e. The zero-order valence-corrected chi connectivity index (χ0v) is 19.7. The Morgan fingerprint density at radius 2 is 1.64 bits per heavy atom. The second-order valence-corrected chi connectivity index (χ2v) is 9.82. The van der Waals surface area contributed by atoms with E-state index in [9.17, 15) is 19.2 Å². The van der Waals surface area contributed by atoms with E-state index >= 15 is 0 Å². The monoisotopic (exact) mass is 452 g/mol. The minimum absolute atomic E-state index is 0.0418. The van der Waals surface area contributed by atoms with Gasteiger partial charge in [-0.05, 0) is 57.1 Å². The first-order chi connectivity index (χ1) is 15.7. The molecule has 3 amide bonds. The summed E-state index contributed by atoms with van der Waals surface area (Å²) < 4.78 is 5.62. The molecule has 1 fully saturated rings. The van der Waals surface area contributed by atoms with Crippen molar-refractivity contribution < 1.29 is 23.9 Å². The van der Waals surface area contributed by atoms with Crippen molar-refractivity contribution in [1.82, 2.24) is 4.90 Å². The van der Waals surface area contributed by atoms with Crippen LogP contribution in [0.3, 0.4) is 0 Å². The number of fused-ring (bicyclic) bond motifs is 2. The predicted molar refractivity (Wildman–Crippen MR) is 123 cm³/mol. The highest BCUT2D eigenvalue weighted by Gasteiger charge is 2.52. The first-order valence-electron chi connectivity index (χ1n) is 11.8. The van der Waals surface area contributed by atoms with Crippen LogP contribution in [-0.2, 0) is 30.3 Å². The number of likely N-dealkylation sites (tertiary alicyclic amines) is 1. The summed E-state index contributed by atoms with van der Waals surface area (Å²) in [6.07, 6.45) is 4.87. The maximum absolute atomic E-state index is 13.3. The molecule has 0 saturated carbocycles. The van der Waals surface area contributed by atoms with Gasteiger partial charge in [0.2, 0.25) is 11.8 Å². The van der Waals surface area contributed by atoms with Gasteiger partial charge in [0, 0.05) is 11.7 Å². The maximum Gasteiger partial charge on any atom is 0.330 e. The molecular formula is C26H32N2O5. The van der Waals surface area contributed by atoms with Gasteiger partial charge in [-0.1, -0.05) is 44.2 Å². The van der Waals surface area contributed by atoms with Gasteiger partial charge in [-0.3, -0.25) is 19.3 Å². The van der Waals surface area contributed by atoms with Gasteiger partial charge in [-0.25, -0.2) is 4.79 Å². The highest BCUT2D eigenvalue weighted by atomic mass is 16.5. The van der Waals surface area contributed by atoms with Gasteiger partial charge in [-0.2, -0.15) is 0 Å². The summed E-state index contributed by atoms with van der Waals surface area (Å²) in [6.45, 7) is 7.37. The second kappa shape index (κ2) is 9.12. The number of hydrogen-bond acceptors (Lipinski definition) is 5. The normalized spacial score (nSPS) is 25.8. The summed E-state index contributed by atoms with van der Waals surface area (Å²) in [7, 11) is 0. The Morgan fingerprint density at radius 1 is 1.03 bits per heavy atom. The van der Waals surface area contributed by atoms with Crippen LogP contribution in [0.2, 0.25) is 0 Å².